The van der Waals surface area contributed by atoms with Crippen molar-refractivity contribution >= 4 is 48.1 Å². The molecule has 0 saturated carbocycles. The van der Waals surface area contributed by atoms with Gasteiger partial charge in [-0.2, -0.15) is 0 Å². The second kappa shape index (κ2) is 8.76. The molecule has 0 fully saturated rings. The lowest BCUT2D eigenvalue weighted by Gasteiger charge is -2.05. The van der Waals surface area contributed by atoms with Crippen LogP contribution in [0.2, 0.25) is 0 Å². The number of nitrogens with zero attached hydrogens (tertiary/aromatic N) is 2. The number of aryl methyl sites for hydroxylation is 1. The number of rotatable bonds is 8. The standard InChI is InChI=1S/C19H19N3O6S2/c1-12-5-7-14(8-6-12)30(26,27)9-3-4-17(23)20-19-21-18-15(28-2)10-13(22(24)25)11-16(18)29-19/h5-8,10-11H,3-4,9H2,1-2H3,(H,20,21,23). The number of benzene rings is 2. The summed E-state index contributed by atoms with van der Waals surface area (Å²) in [5.74, 6) is -0.301. The summed E-state index contributed by atoms with van der Waals surface area (Å²) in [5, 5.41) is 13.9. The molecule has 2 aromatic carbocycles. The van der Waals surface area contributed by atoms with Crippen LogP contribution in [0.25, 0.3) is 10.2 Å². The van der Waals surface area contributed by atoms with Gasteiger partial charge in [0.25, 0.3) is 5.69 Å². The zero-order chi connectivity index (χ0) is 21.9. The highest BCUT2D eigenvalue weighted by Gasteiger charge is 2.18. The van der Waals surface area contributed by atoms with E-state index in [9.17, 15) is 23.3 Å². The summed E-state index contributed by atoms with van der Waals surface area (Å²) < 4.78 is 30.3. The van der Waals surface area contributed by atoms with Crippen LogP contribution in [0.3, 0.4) is 0 Å². The smallest absolute Gasteiger partial charge is 0.274 e. The Balaban J connectivity index is 1.64. The molecule has 0 bridgehead atoms. The fourth-order valence-corrected chi connectivity index (χ4v) is 5.01. The van der Waals surface area contributed by atoms with Crippen molar-refractivity contribution in [2.75, 3.05) is 18.2 Å². The van der Waals surface area contributed by atoms with Gasteiger partial charge in [0.2, 0.25) is 5.91 Å². The number of nitro benzene ring substituents is 1. The first-order valence-corrected chi connectivity index (χ1v) is 11.4. The van der Waals surface area contributed by atoms with Gasteiger partial charge >= 0.3 is 0 Å². The number of nitrogens with one attached hydrogen (secondary N) is 1. The molecule has 1 N–H and O–H groups in total. The summed E-state index contributed by atoms with van der Waals surface area (Å²) in [6.07, 6.45) is 0.153. The van der Waals surface area contributed by atoms with E-state index in [2.05, 4.69) is 10.3 Å². The zero-order valence-corrected chi connectivity index (χ0v) is 17.9. The number of ether oxygens (including phenoxy) is 1. The number of thiazole rings is 1. The van der Waals surface area contributed by atoms with Gasteiger partial charge in [0.1, 0.15) is 5.52 Å². The number of sulfone groups is 1. The van der Waals surface area contributed by atoms with Gasteiger partial charge in [-0.25, -0.2) is 13.4 Å². The molecule has 0 aliphatic carbocycles. The van der Waals surface area contributed by atoms with E-state index in [0.29, 0.717) is 10.2 Å². The molecule has 0 saturated heterocycles. The third kappa shape index (κ3) is 4.92. The lowest BCUT2D eigenvalue weighted by molar-refractivity contribution is -0.384. The van der Waals surface area contributed by atoms with E-state index in [1.807, 2.05) is 6.92 Å². The molecule has 0 radical (unpaired) electrons. The van der Waals surface area contributed by atoms with Crippen LogP contribution >= 0.6 is 11.3 Å². The van der Waals surface area contributed by atoms with E-state index in [0.717, 1.165) is 16.9 Å². The summed E-state index contributed by atoms with van der Waals surface area (Å²) in [6, 6.07) is 9.19. The van der Waals surface area contributed by atoms with Crippen LogP contribution < -0.4 is 10.1 Å². The second-order valence-corrected chi connectivity index (χ2v) is 9.69. The minimum Gasteiger partial charge on any atom is -0.494 e. The average Bonchev–Trinajstić information content (AvgIpc) is 3.09. The molecular weight excluding hydrogens is 430 g/mol. The van der Waals surface area contributed by atoms with E-state index in [1.54, 1.807) is 24.3 Å². The van der Waals surface area contributed by atoms with Crippen LogP contribution in [0.1, 0.15) is 18.4 Å². The van der Waals surface area contributed by atoms with Gasteiger partial charge in [-0.05, 0) is 25.5 Å². The molecule has 0 spiro atoms. The van der Waals surface area contributed by atoms with Crippen LogP contribution in [-0.2, 0) is 14.6 Å². The number of hydrogen-bond donors (Lipinski definition) is 1. The average molecular weight is 450 g/mol. The highest BCUT2D eigenvalue weighted by molar-refractivity contribution is 7.91. The third-order valence-electron chi connectivity index (χ3n) is 4.32. The number of amides is 1. The first kappa shape index (κ1) is 21.7. The molecule has 1 amide bonds. The van der Waals surface area contributed by atoms with Gasteiger partial charge in [-0.1, -0.05) is 29.0 Å². The fraction of sp³-hybridized carbons (Fsp3) is 0.263. The van der Waals surface area contributed by atoms with Crippen LogP contribution in [0.5, 0.6) is 5.75 Å². The number of hydrogen-bond acceptors (Lipinski definition) is 8. The van der Waals surface area contributed by atoms with Gasteiger partial charge in [0.05, 0.1) is 33.4 Å². The Labute approximate surface area is 176 Å². The lowest BCUT2D eigenvalue weighted by atomic mass is 10.2. The highest BCUT2D eigenvalue weighted by atomic mass is 32.2. The molecule has 1 aromatic heterocycles. The van der Waals surface area contributed by atoms with E-state index in [1.165, 1.54) is 19.2 Å². The Morgan fingerprint density at radius 3 is 2.60 bits per heavy atom. The highest BCUT2D eigenvalue weighted by Crippen LogP contribution is 2.36. The summed E-state index contributed by atoms with van der Waals surface area (Å²) >= 11 is 1.08. The Morgan fingerprint density at radius 1 is 1.27 bits per heavy atom. The molecule has 0 unspecified atom stereocenters. The van der Waals surface area contributed by atoms with Crippen molar-refractivity contribution in [1.29, 1.82) is 0 Å². The molecule has 3 aromatic rings. The van der Waals surface area contributed by atoms with E-state index >= 15 is 0 Å². The van der Waals surface area contributed by atoms with Crippen molar-refractivity contribution < 1.29 is 22.9 Å². The number of methoxy groups -OCH3 is 1. The van der Waals surface area contributed by atoms with Crippen molar-refractivity contribution in [1.82, 2.24) is 4.98 Å². The number of fused-ring (bicyclic) bond motifs is 1. The monoisotopic (exact) mass is 449 g/mol. The summed E-state index contributed by atoms with van der Waals surface area (Å²) in [7, 11) is -2.08. The van der Waals surface area contributed by atoms with Gasteiger partial charge in [-0.15, -0.1) is 0 Å². The zero-order valence-electron chi connectivity index (χ0n) is 16.2. The summed E-state index contributed by atoms with van der Waals surface area (Å²) in [4.78, 5) is 27.2. The van der Waals surface area contributed by atoms with Crippen molar-refractivity contribution in [2.45, 2.75) is 24.7 Å². The Bertz CT molecular complexity index is 1200. The number of nitro groups is 1. The molecular formula is C19H19N3O6S2. The second-order valence-electron chi connectivity index (χ2n) is 6.55. The van der Waals surface area contributed by atoms with Crippen molar-refractivity contribution in [3.63, 3.8) is 0 Å². The van der Waals surface area contributed by atoms with E-state index in [4.69, 9.17) is 4.74 Å². The van der Waals surface area contributed by atoms with Crippen molar-refractivity contribution in [2.24, 2.45) is 0 Å². The number of non-ortho nitro benzene ring substituents is 1. The SMILES string of the molecule is COc1cc([N+](=O)[O-])cc2sc(NC(=O)CCCS(=O)(=O)c3ccc(C)cc3)nc12. The van der Waals surface area contributed by atoms with Gasteiger partial charge in [0, 0.05) is 12.5 Å². The normalized spacial score (nSPS) is 11.4. The van der Waals surface area contributed by atoms with Gasteiger partial charge in [-0.3, -0.25) is 14.9 Å². The van der Waals surface area contributed by atoms with Crippen molar-refractivity contribution in [3.05, 3.63) is 52.1 Å². The molecule has 9 nitrogen and oxygen atoms in total. The number of aromatic nitrogens is 1. The van der Waals surface area contributed by atoms with Crippen molar-refractivity contribution in [3.8, 4) is 5.75 Å². The summed E-state index contributed by atoms with van der Waals surface area (Å²) in [5.41, 5.74) is 1.23. The fourth-order valence-electron chi connectivity index (χ4n) is 2.77. The molecule has 1 heterocycles. The molecule has 30 heavy (non-hydrogen) atoms. The lowest BCUT2D eigenvalue weighted by Crippen LogP contribution is -2.14. The largest absolute Gasteiger partial charge is 0.494 e. The first-order chi connectivity index (χ1) is 14.2. The minimum atomic E-state index is -3.46. The van der Waals surface area contributed by atoms with E-state index < -0.39 is 14.8 Å². The Morgan fingerprint density at radius 2 is 1.97 bits per heavy atom. The van der Waals surface area contributed by atoms with Crippen LogP contribution in [0.4, 0.5) is 10.8 Å². The number of anilines is 1. The van der Waals surface area contributed by atoms with Gasteiger partial charge < -0.3 is 10.1 Å². The molecule has 3 rings (SSSR count). The summed E-state index contributed by atoms with van der Waals surface area (Å²) in [6.45, 7) is 1.87. The maximum atomic E-state index is 12.3. The maximum Gasteiger partial charge on any atom is 0.274 e. The minimum absolute atomic E-state index is 0.00169. The van der Waals surface area contributed by atoms with Gasteiger partial charge in [0.15, 0.2) is 20.7 Å². The topological polar surface area (TPSA) is 128 Å². The molecule has 158 valence electrons. The Kier molecular flexibility index (Phi) is 6.32. The predicted molar refractivity (Wildman–Crippen MR) is 114 cm³/mol. The predicted octanol–water partition coefficient (Wildman–Crippen LogP) is 3.71. The molecule has 0 atom stereocenters. The van der Waals surface area contributed by atoms with E-state index in [-0.39, 0.29) is 46.0 Å². The number of carbonyl (C=O) groups is 1. The molecule has 0 aliphatic rings. The third-order valence-corrected chi connectivity index (χ3v) is 7.05. The maximum absolute atomic E-state index is 12.3. The Hall–Kier alpha value is -3.05. The molecule has 11 heteroatoms. The first-order valence-electron chi connectivity index (χ1n) is 8.92. The quantitative estimate of drug-likeness (QED) is 0.410. The van der Waals surface area contributed by atoms with Crippen LogP contribution in [-0.4, -0.2) is 37.1 Å². The van der Waals surface area contributed by atoms with Crippen LogP contribution in [0, 0.1) is 17.0 Å². The molecule has 0 aliphatic heterocycles. The van der Waals surface area contributed by atoms with Crippen LogP contribution in [0.15, 0.2) is 41.3 Å². The number of carbonyl (C=O) groups excluding carboxylic acids is 1.